The van der Waals surface area contributed by atoms with Gasteiger partial charge in [-0.25, -0.2) is 0 Å². The first-order chi connectivity index (χ1) is 6.06. The summed E-state index contributed by atoms with van der Waals surface area (Å²) in [6.07, 6.45) is 1.95. The monoisotopic (exact) mass is 184 g/mol. The van der Waals surface area contributed by atoms with Gasteiger partial charge in [0.2, 0.25) is 5.91 Å². The summed E-state index contributed by atoms with van der Waals surface area (Å²) in [6, 6.07) is 0.346. The van der Waals surface area contributed by atoms with E-state index < -0.39 is 0 Å². The zero-order valence-electron chi connectivity index (χ0n) is 8.81. The van der Waals surface area contributed by atoms with E-state index in [9.17, 15) is 4.79 Å². The third kappa shape index (κ3) is 2.69. The van der Waals surface area contributed by atoms with E-state index in [0.717, 1.165) is 25.9 Å². The van der Waals surface area contributed by atoms with Gasteiger partial charge < -0.3 is 10.6 Å². The maximum atomic E-state index is 11.7. The van der Waals surface area contributed by atoms with Crippen LogP contribution in [0.1, 0.15) is 33.6 Å². The Morgan fingerprint density at radius 2 is 2.31 bits per heavy atom. The van der Waals surface area contributed by atoms with Crippen molar-refractivity contribution in [3.05, 3.63) is 0 Å². The number of carbonyl (C=O) groups excluding carboxylic acids is 1. The molecule has 1 fully saturated rings. The molecule has 3 nitrogen and oxygen atoms in total. The van der Waals surface area contributed by atoms with E-state index in [2.05, 4.69) is 10.6 Å². The summed E-state index contributed by atoms with van der Waals surface area (Å²) >= 11 is 0. The molecule has 0 aromatic heterocycles. The van der Waals surface area contributed by atoms with Crippen LogP contribution < -0.4 is 10.6 Å². The first kappa shape index (κ1) is 10.5. The van der Waals surface area contributed by atoms with Crippen molar-refractivity contribution >= 4 is 5.91 Å². The molecular weight excluding hydrogens is 164 g/mol. The van der Waals surface area contributed by atoms with Gasteiger partial charge in [-0.3, -0.25) is 4.79 Å². The molecule has 1 aliphatic rings. The van der Waals surface area contributed by atoms with Gasteiger partial charge in [0, 0.05) is 18.0 Å². The summed E-state index contributed by atoms with van der Waals surface area (Å²) < 4.78 is 0. The molecule has 3 heteroatoms. The minimum atomic E-state index is -0.220. The van der Waals surface area contributed by atoms with E-state index >= 15 is 0 Å². The van der Waals surface area contributed by atoms with Crippen LogP contribution in [0.2, 0.25) is 0 Å². The van der Waals surface area contributed by atoms with Gasteiger partial charge in [-0.15, -0.1) is 0 Å². The number of nitrogens with one attached hydrogen (secondary N) is 2. The maximum absolute atomic E-state index is 11.7. The Labute approximate surface area is 80.3 Å². The fourth-order valence-corrected chi connectivity index (χ4v) is 1.32. The molecular formula is C10H20N2O. The molecule has 0 aromatic rings. The second kappa shape index (κ2) is 4.09. The summed E-state index contributed by atoms with van der Waals surface area (Å²) in [5.41, 5.74) is -0.220. The van der Waals surface area contributed by atoms with E-state index in [0.29, 0.717) is 6.04 Å². The van der Waals surface area contributed by atoms with E-state index in [-0.39, 0.29) is 11.3 Å². The van der Waals surface area contributed by atoms with Crippen molar-refractivity contribution in [3.8, 4) is 0 Å². The summed E-state index contributed by atoms with van der Waals surface area (Å²) in [6.45, 7) is 7.98. The largest absolute Gasteiger partial charge is 0.352 e. The van der Waals surface area contributed by atoms with Crippen molar-refractivity contribution in [1.29, 1.82) is 0 Å². The predicted octanol–water partition coefficient (Wildman–Crippen LogP) is 0.901. The lowest BCUT2D eigenvalue weighted by atomic mass is 9.89. The van der Waals surface area contributed by atoms with Crippen LogP contribution in [0.25, 0.3) is 0 Å². The Kier molecular flexibility index (Phi) is 3.31. The Balaban J connectivity index is 2.39. The predicted molar refractivity (Wildman–Crippen MR) is 53.5 cm³/mol. The molecule has 1 aliphatic heterocycles. The Morgan fingerprint density at radius 1 is 1.62 bits per heavy atom. The summed E-state index contributed by atoms with van der Waals surface area (Å²) in [4.78, 5) is 11.7. The molecule has 0 bridgehead atoms. The summed E-state index contributed by atoms with van der Waals surface area (Å²) in [5, 5.41) is 6.30. The topological polar surface area (TPSA) is 41.1 Å². The SMILES string of the molecule is CCC(C)(C)C(=O)N[C@@H]1CCNC1. The Hall–Kier alpha value is -0.570. The third-order valence-corrected chi connectivity index (χ3v) is 2.89. The first-order valence-electron chi connectivity index (χ1n) is 5.08. The van der Waals surface area contributed by atoms with Crippen LogP contribution in [-0.2, 0) is 4.79 Å². The quantitative estimate of drug-likeness (QED) is 0.684. The van der Waals surface area contributed by atoms with E-state index in [4.69, 9.17) is 0 Å². The molecule has 2 N–H and O–H groups in total. The fraction of sp³-hybridized carbons (Fsp3) is 0.900. The van der Waals surface area contributed by atoms with Gasteiger partial charge in [-0.05, 0) is 19.4 Å². The van der Waals surface area contributed by atoms with Crippen molar-refractivity contribution in [3.63, 3.8) is 0 Å². The highest BCUT2D eigenvalue weighted by molar-refractivity contribution is 5.82. The lowest BCUT2D eigenvalue weighted by molar-refractivity contribution is -0.130. The molecule has 0 saturated carbocycles. The van der Waals surface area contributed by atoms with Crippen molar-refractivity contribution in [2.24, 2.45) is 5.41 Å². The minimum absolute atomic E-state index is 0.184. The minimum Gasteiger partial charge on any atom is -0.352 e. The molecule has 76 valence electrons. The summed E-state index contributed by atoms with van der Waals surface area (Å²) in [5.74, 6) is 0.184. The third-order valence-electron chi connectivity index (χ3n) is 2.89. The molecule has 1 rings (SSSR count). The molecule has 0 aromatic carbocycles. The molecule has 1 atom stereocenters. The normalized spacial score (nSPS) is 23.2. The van der Waals surface area contributed by atoms with Crippen LogP contribution in [0.4, 0.5) is 0 Å². The number of hydrogen-bond acceptors (Lipinski definition) is 2. The maximum Gasteiger partial charge on any atom is 0.225 e. The molecule has 0 aliphatic carbocycles. The molecule has 13 heavy (non-hydrogen) atoms. The summed E-state index contributed by atoms with van der Waals surface area (Å²) in [7, 11) is 0. The van der Waals surface area contributed by atoms with Gasteiger partial charge in [0.1, 0.15) is 0 Å². The van der Waals surface area contributed by atoms with Crippen molar-refractivity contribution in [1.82, 2.24) is 10.6 Å². The van der Waals surface area contributed by atoms with Gasteiger partial charge in [0.25, 0.3) is 0 Å². The lowest BCUT2D eigenvalue weighted by Gasteiger charge is -2.23. The molecule has 1 heterocycles. The first-order valence-corrected chi connectivity index (χ1v) is 5.08. The van der Waals surface area contributed by atoms with Crippen LogP contribution in [-0.4, -0.2) is 25.0 Å². The number of rotatable bonds is 3. The van der Waals surface area contributed by atoms with Gasteiger partial charge >= 0.3 is 0 Å². The van der Waals surface area contributed by atoms with E-state index in [1.165, 1.54) is 0 Å². The highest BCUT2D eigenvalue weighted by Gasteiger charge is 2.27. The second-order valence-corrected chi connectivity index (χ2v) is 4.40. The Morgan fingerprint density at radius 3 is 2.77 bits per heavy atom. The van der Waals surface area contributed by atoms with Crippen LogP contribution >= 0.6 is 0 Å². The smallest absolute Gasteiger partial charge is 0.225 e. The number of carbonyl (C=O) groups is 1. The second-order valence-electron chi connectivity index (χ2n) is 4.40. The van der Waals surface area contributed by atoms with Crippen molar-refractivity contribution < 1.29 is 4.79 Å². The van der Waals surface area contributed by atoms with E-state index in [1.54, 1.807) is 0 Å². The van der Waals surface area contributed by atoms with Crippen molar-refractivity contribution in [2.75, 3.05) is 13.1 Å². The zero-order chi connectivity index (χ0) is 9.90. The van der Waals surface area contributed by atoms with Crippen LogP contribution in [0.5, 0.6) is 0 Å². The zero-order valence-corrected chi connectivity index (χ0v) is 8.81. The van der Waals surface area contributed by atoms with Crippen molar-refractivity contribution in [2.45, 2.75) is 39.7 Å². The molecule has 1 saturated heterocycles. The highest BCUT2D eigenvalue weighted by atomic mass is 16.2. The van der Waals surface area contributed by atoms with Crippen LogP contribution in [0.15, 0.2) is 0 Å². The molecule has 0 spiro atoms. The van der Waals surface area contributed by atoms with Gasteiger partial charge in [0.05, 0.1) is 0 Å². The van der Waals surface area contributed by atoms with Gasteiger partial charge in [0.15, 0.2) is 0 Å². The van der Waals surface area contributed by atoms with Crippen LogP contribution in [0, 0.1) is 5.41 Å². The average molecular weight is 184 g/mol. The number of amides is 1. The average Bonchev–Trinajstić information content (AvgIpc) is 2.57. The molecule has 0 unspecified atom stereocenters. The highest BCUT2D eigenvalue weighted by Crippen LogP contribution is 2.19. The fourth-order valence-electron chi connectivity index (χ4n) is 1.32. The molecule has 1 amide bonds. The van der Waals surface area contributed by atoms with Gasteiger partial charge in [-0.1, -0.05) is 20.8 Å². The van der Waals surface area contributed by atoms with E-state index in [1.807, 2.05) is 20.8 Å². The van der Waals surface area contributed by atoms with Crippen LogP contribution in [0.3, 0.4) is 0 Å². The van der Waals surface area contributed by atoms with Gasteiger partial charge in [-0.2, -0.15) is 0 Å². The standard InChI is InChI=1S/C10H20N2O/c1-4-10(2,3)9(13)12-8-5-6-11-7-8/h8,11H,4-7H2,1-3H3,(H,12,13)/t8-/m1/s1. The Bertz CT molecular complexity index is 183. The number of hydrogen-bond donors (Lipinski definition) is 2. The molecule has 0 radical (unpaired) electrons. The lowest BCUT2D eigenvalue weighted by Crippen LogP contribution is -2.43.